The van der Waals surface area contributed by atoms with Crippen LogP contribution in [0.1, 0.15) is 50.3 Å². The summed E-state index contributed by atoms with van der Waals surface area (Å²) in [5.74, 6) is -0.856. The number of hydroxylamine groups is 2. The molecule has 2 aliphatic rings. The number of ether oxygens (including phenoxy) is 1. The molecule has 2 heterocycles. The van der Waals surface area contributed by atoms with E-state index < -0.39 is 5.92 Å². The Morgan fingerprint density at radius 3 is 2.50 bits per heavy atom. The van der Waals surface area contributed by atoms with Gasteiger partial charge >= 0.3 is 0 Å². The third-order valence-electron chi connectivity index (χ3n) is 6.94. The van der Waals surface area contributed by atoms with Crippen molar-refractivity contribution in [2.45, 2.75) is 65.3 Å². The largest absolute Gasteiger partial charge is 0.379 e. The minimum Gasteiger partial charge on any atom is -0.379 e. The van der Waals surface area contributed by atoms with Crippen molar-refractivity contribution in [3.63, 3.8) is 0 Å². The zero-order valence-corrected chi connectivity index (χ0v) is 19.5. The first-order valence-corrected chi connectivity index (χ1v) is 11.9. The van der Waals surface area contributed by atoms with Gasteiger partial charge in [0.15, 0.2) is 0 Å². The molecule has 6 nitrogen and oxygen atoms in total. The predicted octanol–water partition coefficient (Wildman–Crippen LogP) is 4.32. The summed E-state index contributed by atoms with van der Waals surface area (Å²) >= 11 is 0. The van der Waals surface area contributed by atoms with Gasteiger partial charge in [0.25, 0.3) is 0 Å². The Morgan fingerprint density at radius 1 is 1.12 bits per heavy atom. The van der Waals surface area contributed by atoms with Crippen LogP contribution >= 0.6 is 0 Å². The Kier molecular flexibility index (Phi) is 9.39. The lowest BCUT2D eigenvalue weighted by Gasteiger charge is -2.32. The van der Waals surface area contributed by atoms with Crippen molar-refractivity contribution < 1.29 is 19.2 Å². The van der Waals surface area contributed by atoms with Crippen LogP contribution in [0, 0.1) is 11.8 Å². The topological polar surface area (TPSA) is 67.9 Å². The first-order chi connectivity index (χ1) is 16.1. The minimum absolute atomic E-state index is 0. The van der Waals surface area contributed by atoms with Crippen molar-refractivity contribution in [2.75, 3.05) is 13.7 Å². The smallest absolute Gasteiger partial charge is 0.250 e. The summed E-state index contributed by atoms with van der Waals surface area (Å²) in [5, 5.41) is 4.89. The van der Waals surface area contributed by atoms with Crippen LogP contribution in [0.5, 0.6) is 0 Å². The van der Waals surface area contributed by atoms with Crippen LogP contribution in [0.3, 0.4) is 0 Å². The van der Waals surface area contributed by atoms with Gasteiger partial charge in [0.1, 0.15) is 12.4 Å². The molecule has 0 spiro atoms. The van der Waals surface area contributed by atoms with Gasteiger partial charge in [-0.2, -0.15) is 0 Å². The van der Waals surface area contributed by atoms with Gasteiger partial charge in [0.05, 0.1) is 18.6 Å². The van der Waals surface area contributed by atoms with E-state index in [4.69, 9.17) is 9.57 Å². The van der Waals surface area contributed by atoms with E-state index in [0.29, 0.717) is 19.6 Å². The van der Waals surface area contributed by atoms with Gasteiger partial charge in [-0.1, -0.05) is 68.9 Å². The number of carbonyl (C=O) groups is 2. The SMILES string of the molecule is C.CO[C@@H]([C@@H]1CCCN1)[C@@H](C)C(=O)C[C@@H](Cc1ccccc1)C(=O)N1Cc2ccccc2CO1. The third-order valence-corrected chi connectivity index (χ3v) is 6.94. The van der Waals surface area contributed by atoms with Gasteiger partial charge < -0.3 is 10.1 Å². The molecule has 0 unspecified atom stereocenters. The average Bonchev–Trinajstić information content (AvgIpc) is 3.38. The lowest BCUT2D eigenvalue weighted by Crippen LogP contribution is -2.44. The second-order valence-electron chi connectivity index (χ2n) is 9.17. The van der Waals surface area contributed by atoms with E-state index in [0.717, 1.165) is 36.1 Å². The second-order valence-corrected chi connectivity index (χ2v) is 9.17. The van der Waals surface area contributed by atoms with Crippen molar-refractivity contribution in [2.24, 2.45) is 11.8 Å². The molecule has 0 radical (unpaired) electrons. The number of rotatable bonds is 9. The Labute approximate surface area is 203 Å². The van der Waals surface area contributed by atoms with Gasteiger partial charge in [-0.15, -0.1) is 0 Å². The number of methoxy groups -OCH3 is 1. The molecule has 1 fully saturated rings. The van der Waals surface area contributed by atoms with E-state index >= 15 is 0 Å². The predicted molar refractivity (Wildman–Crippen MR) is 133 cm³/mol. The fraction of sp³-hybridized carbons (Fsp3) is 0.500. The lowest BCUT2D eigenvalue weighted by atomic mass is 9.85. The summed E-state index contributed by atoms with van der Waals surface area (Å²) in [6.07, 6.45) is 2.57. The number of ketones is 1. The molecule has 34 heavy (non-hydrogen) atoms. The molecule has 6 heteroatoms. The summed E-state index contributed by atoms with van der Waals surface area (Å²) < 4.78 is 5.73. The molecule has 2 aromatic carbocycles. The fourth-order valence-corrected chi connectivity index (χ4v) is 5.01. The van der Waals surface area contributed by atoms with E-state index in [1.165, 1.54) is 5.06 Å². The van der Waals surface area contributed by atoms with Gasteiger partial charge in [-0.3, -0.25) is 14.4 Å². The number of carbonyl (C=O) groups excluding carboxylic acids is 2. The Morgan fingerprint density at radius 2 is 1.82 bits per heavy atom. The Balaban J connectivity index is 0.00000324. The molecule has 4 rings (SSSR count). The zero-order chi connectivity index (χ0) is 23.2. The number of nitrogens with one attached hydrogen (secondary N) is 1. The number of hydrogen-bond donors (Lipinski definition) is 1. The highest BCUT2D eigenvalue weighted by Crippen LogP contribution is 2.27. The highest BCUT2D eigenvalue weighted by Gasteiger charge is 2.36. The van der Waals surface area contributed by atoms with E-state index in [9.17, 15) is 9.59 Å². The molecular formula is C28H38N2O4. The average molecular weight is 467 g/mol. The van der Waals surface area contributed by atoms with Crippen molar-refractivity contribution in [1.82, 2.24) is 10.4 Å². The molecule has 1 amide bonds. The van der Waals surface area contributed by atoms with Crippen molar-refractivity contribution in [1.29, 1.82) is 0 Å². The van der Waals surface area contributed by atoms with E-state index in [1.54, 1.807) is 7.11 Å². The van der Waals surface area contributed by atoms with Crippen molar-refractivity contribution >= 4 is 11.7 Å². The van der Waals surface area contributed by atoms with Crippen LogP contribution in [0.15, 0.2) is 54.6 Å². The first-order valence-electron chi connectivity index (χ1n) is 11.9. The summed E-state index contributed by atoms with van der Waals surface area (Å²) in [4.78, 5) is 32.8. The maximum Gasteiger partial charge on any atom is 0.250 e. The molecule has 184 valence electrons. The standard InChI is InChI=1S/C27H34N2O4.CH4/c1-19(26(32-2)24-13-8-14-28-24)25(30)16-23(15-20-9-4-3-5-10-20)27(31)29-17-21-11-6-7-12-22(21)18-33-29;/h3-7,9-12,19,23-24,26,28H,8,13-18H2,1-2H3;1H4/t19-,23+,24-,26+;/m0./s1. The molecule has 0 saturated carbocycles. The van der Waals surface area contributed by atoms with Crippen LogP contribution in [-0.4, -0.2) is 42.6 Å². The monoisotopic (exact) mass is 466 g/mol. The summed E-state index contributed by atoms with van der Waals surface area (Å²) in [7, 11) is 1.67. The van der Waals surface area contributed by atoms with Crippen molar-refractivity contribution in [3.05, 3.63) is 71.3 Å². The number of nitrogens with zero attached hydrogens (tertiary/aromatic N) is 1. The quantitative estimate of drug-likeness (QED) is 0.596. The van der Waals surface area contributed by atoms with Crippen LogP contribution in [0.4, 0.5) is 0 Å². The normalized spacial score (nSPS) is 20.1. The molecule has 2 aliphatic heterocycles. The maximum absolute atomic E-state index is 13.6. The zero-order valence-electron chi connectivity index (χ0n) is 19.5. The van der Waals surface area contributed by atoms with E-state index in [2.05, 4.69) is 5.32 Å². The molecule has 0 aliphatic carbocycles. The van der Waals surface area contributed by atoms with Gasteiger partial charge in [0.2, 0.25) is 5.91 Å². The highest BCUT2D eigenvalue weighted by molar-refractivity contribution is 5.88. The van der Waals surface area contributed by atoms with Crippen LogP contribution in [0.25, 0.3) is 0 Å². The van der Waals surface area contributed by atoms with E-state index in [1.807, 2.05) is 61.5 Å². The van der Waals surface area contributed by atoms with Crippen LogP contribution in [-0.2, 0) is 38.7 Å². The molecular weight excluding hydrogens is 428 g/mol. The maximum atomic E-state index is 13.6. The third kappa shape index (κ3) is 6.12. The number of Topliss-reactive ketones (excluding diaryl/α,β-unsaturated/α-hetero) is 1. The van der Waals surface area contributed by atoms with Crippen LogP contribution < -0.4 is 5.32 Å². The Hall–Kier alpha value is -2.54. The van der Waals surface area contributed by atoms with E-state index in [-0.39, 0.29) is 43.6 Å². The summed E-state index contributed by atoms with van der Waals surface area (Å²) in [5.41, 5.74) is 3.22. The van der Waals surface area contributed by atoms with Gasteiger partial charge in [-0.25, -0.2) is 5.06 Å². The first kappa shape index (κ1) is 26.1. The molecule has 0 bridgehead atoms. The molecule has 1 saturated heterocycles. The lowest BCUT2D eigenvalue weighted by molar-refractivity contribution is -0.205. The Bertz CT molecular complexity index is 942. The van der Waals surface area contributed by atoms with Gasteiger partial charge in [0, 0.05) is 25.5 Å². The molecule has 0 aromatic heterocycles. The highest BCUT2D eigenvalue weighted by atomic mass is 16.7. The number of fused-ring (bicyclic) bond motifs is 1. The second kappa shape index (κ2) is 12.2. The van der Waals surface area contributed by atoms with Crippen molar-refractivity contribution in [3.8, 4) is 0 Å². The molecule has 1 N–H and O–H groups in total. The summed E-state index contributed by atoms with van der Waals surface area (Å²) in [6, 6.07) is 18.0. The summed E-state index contributed by atoms with van der Waals surface area (Å²) in [6.45, 7) is 3.64. The molecule has 4 atom stereocenters. The van der Waals surface area contributed by atoms with Crippen LogP contribution in [0.2, 0.25) is 0 Å². The fourth-order valence-electron chi connectivity index (χ4n) is 5.01. The number of benzene rings is 2. The minimum atomic E-state index is -0.485. The number of hydrogen-bond acceptors (Lipinski definition) is 5. The number of amides is 1. The van der Waals surface area contributed by atoms with Gasteiger partial charge in [-0.05, 0) is 42.5 Å². The molecule has 2 aromatic rings.